The Bertz CT molecular complexity index is 1090. The number of halogens is 1. The Hall–Kier alpha value is -3.80. The van der Waals surface area contributed by atoms with Gasteiger partial charge < -0.3 is 4.90 Å². The van der Waals surface area contributed by atoms with E-state index in [2.05, 4.69) is 0 Å². The van der Waals surface area contributed by atoms with Gasteiger partial charge in [0.2, 0.25) is 0 Å². The topological polar surface area (TPSA) is 57.7 Å². The average Bonchev–Trinajstić information content (AvgIpc) is 3.00. The maximum atomic E-state index is 13.0. The van der Waals surface area contributed by atoms with Crippen LogP contribution in [0.25, 0.3) is 0 Å². The van der Waals surface area contributed by atoms with E-state index in [9.17, 15) is 18.8 Å². The van der Waals surface area contributed by atoms with Gasteiger partial charge in [0.1, 0.15) is 5.82 Å². The molecule has 0 spiro atoms. The molecule has 0 radical (unpaired) electrons. The SMILES string of the molecule is CN(Cc1ccc(F)cc1)C(=O)c1ccc(CN2C(=O)c3ccccc3C2=O)cc1. The Balaban J connectivity index is 1.43. The summed E-state index contributed by atoms with van der Waals surface area (Å²) in [6.07, 6.45) is 0. The Morgan fingerprint density at radius 2 is 1.37 bits per heavy atom. The normalized spacial score (nSPS) is 12.8. The minimum Gasteiger partial charge on any atom is -0.337 e. The van der Waals surface area contributed by atoms with E-state index in [1.165, 1.54) is 17.0 Å². The van der Waals surface area contributed by atoms with E-state index < -0.39 is 0 Å². The quantitative estimate of drug-likeness (QED) is 0.609. The number of carbonyl (C=O) groups is 3. The number of benzene rings is 3. The third-order valence-corrected chi connectivity index (χ3v) is 5.10. The second-order valence-electron chi connectivity index (χ2n) is 7.23. The smallest absolute Gasteiger partial charge is 0.261 e. The maximum absolute atomic E-state index is 13.0. The van der Waals surface area contributed by atoms with Crippen molar-refractivity contribution < 1.29 is 18.8 Å². The molecule has 0 bridgehead atoms. The molecule has 1 aliphatic heterocycles. The summed E-state index contributed by atoms with van der Waals surface area (Å²) in [5.74, 6) is -1.11. The lowest BCUT2D eigenvalue weighted by Crippen LogP contribution is -2.29. The van der Waals surface area contributed by atoms with E-state index in [1.807, 2.05) is 0 Å². The summed E-state index contributed by atoms with van der Waals surface area (Å²) < 4.78 is 13.0. The Morgan fingerprint density at radius 3 is 1.93 bits per heavy atom. The molecule has 0 aliphatic carbocycles. The molecule has 1 aliphatic rings. The maximum Gasteiger partial charge on any atom is 0.261 e. The number of rotatable bonds is 5. The first-order chi connectivity index (χ1) is 14.4. The molecule has 0 atom stereocenters. The molecule has 0 fully saturated rings. The largest absolute Gasteiger partial charge is 0.337 e. The van der Waals surface area contributed by atoms with Gasteiger partial charge in [-0.2, -0.15) is 0 Å². The summed E-state index contributed by atoms with van der Waals surface area (Å²) in [4.78, 5) is 40.4. The number of fused-ring (bicyclic) bond motifs is 1. The van der Waals surface area contributed by atoms with Crippen LogP contribution in [0.2, 0.25) is 0 Å². The highest BCUT2D eigenvalue weighted by Gasteiger charge is 2.34. The molecule has 6 heteroatoms. The highest BCUT2D eigenvalue weighted by atomic mass is 19.1. The summed E-state index contributed by atoms with van der Waals surface area (Å²) in [7, 11) is 1.68. The van der Waals surface area contributed by atoms with Crippen LogP contribution in [0.4, 0.5) is 4.39 Å². The van der Waals surface area contributed by atoms with Gasteiger partial charge in [-0.3, -0.25) is 19.3 Å². The standard InChI is InChI=1S/C24H19FN2O3/c1-26(14-16-8-12-19(25)13-9-16)22(28)18-10-6-17(7-11-18)15-27-23(29)20-4-2-3-5-21(20)24(27)30/h2-13H,14-15H2,1H3. The molecule has 1 heterocycles. The van der Waals surface area contributed by atoms with Gasteiger partial charge in [-0.25, -0.2) is 4.39 Å². The van der Waals surface area contributed by atoms with Gasteiger partial charge >= 0.3 is 0 Å². The Labute approximate surface area is 173 Å². The number of imide groups is 1. The first-order valence-corrected chi connectivity index (χ1v) is 9.48. The zero-order valence-electron chi connectivity index (χ0n) is 16.3. The Kier molecular flexibility index (Phi) is 5.14. The number of hydrogen-bond donors (Lipinski definition) is 0. The fourth-order valence-corrected chi connectivity index (χ4v) is 3.47. The van der Waals surface area contributed by atoms with Crippen molar-refractivity contribution in [2.45, 2.75) is 13.1 Å². The number of nitrogens with zero attached hydrogens (tertiary/aromatic N) is 2. The van der Waals surface area contributed by atoms with Crippen molar-refractivity contribution in [1.82, 2.24) is 9.80 Å². The number of amides is 3. The molecule has 3 aromatic carbocycles. The third kappa shape index (κ3) is 3.72. The lowest BCUT2D eigenvalue weighted by Gasteiger charge is -2.18. The van der Waals surface area contributed by atoms with Crippen LogP contribution in [0, 0.1) is 5.82 Å². The van der Waals surface area contributed by atoms with Crippen molar-refractivity contribution in [2.24, 2.45) is 0 Å². The van der Waals surface area contributed by atoms with E-state index in [1.54, 1.807) is 72.6 Å². The van der Waals surface area contributed by atoms with Gasteiger partial charge in [0.05, 0.1) is 17.7 Å². The fourth-order valence-electron chi connectivity index (χ4n) is 3.47. The molecule has 4 rings (SSSR count). The average molecular weight is 402 g/mol. The van der Waals surface area contributed by atoms with Crippen molar-refractivity contribution in [3.63, 3.8) is 0 Å². The van der Waals surface area contributed by atoms with Crippen molar-refractivity contribution in [1.29, 1.82) is 0 Å². The summed E-state index contributed by atoms with van der Waals surface area (Å²) in [6.45, 7) is 0.502. The van der Waals surface area contributed by atoms with Crippen LogP contribution >= 0.6 is 0 Å². The molecular weight excluding hydrogens is 383 g/mol. The fraction of sp³-hybridized carbons (Fsp3) is 0.125. The van der Waals surface area contributed by atoms with Gasteiger partial charge in [0, 0.05) is 19.2 Å². The molecule has 150 valence electrons. The molecule has 5 nitrogen and oxygen atoms in total. The lowest BCUT2D eigenvalue weighted by atomic mass is 10.1. The minimum atomic E-state index is -0.318. The zero-order chi connectivity index (χ0) is 21.3. The minimum absolute atomic E-state index is 0.145. The molecule has 3 aromatic rings. The first kappa shape index (κ1) is 19.5. The predicted molar refractivity (Wildman–Crippen MR) is 109 cm³/mol. The van der Waals surface area contributed by atoms with Crippen molar-refractivity contribution >= 4 is 17.7 Å². The molecule has 3 amide bonds. The van der Waals surface area contributed by atoms with Crippen molar-refractivity contribution in [3.8, 4) is 0 Å². The van der Waals surface area contributed by atoms with Gasteiger partial charge in [0.25, 0.3) is 17.7 Å². The van der Waals surface area contributed by atoms with Crippen LogP contribution in [-0.2, 0) is 13.1 Å². The molecule has 0 unspecified atom stereocenters. The predicted octanol–water partition coefficient (Wildman–Crippen LogP) is 3.89. The summed E-state index contributed by atoms with van der Waals surface area (Å²) in [5, 5.41) is 0. The van der Waals surface area contributed by atoms with E-state index in [0.717, 1.165) is 11.1 Å². The molecule has 30 heavy (non-hydrogen) atoms. The summed E-state index contributed by atoms with van der Waals surface area (Å²) in [6, 6.07) is 19.6. The van der Waals surface area contributed by atoms with Gasteiger partial charge in [0.15, 0.2) is 0 Å². The molecule has 0 N–H and O–H groups in total. The molecular formula is C24H19FN2O3. The lowest BCUT2D eigenvalue weighted by molar-refractivity contribution is 0.0641. The van der Waals surface area contributed by atoms with E-state index in [4.69, 9.17) is 0 Å². The van der Waals surface area contributed by atoms with E-state index in [0.29, 0.717) is 23.2 Å². The van der Waals surface area contributed by atoms with Crippen molar-refractivity contribution in [2.75, 3.05) is 7.05 Å². The van der Waals surface area contributed by atoms with Crippen LogP contribution < -0.4 is 0 Å². The number of carbonyl (C=O) groups excluding carboxylic acids is 3. The molecule has 0 saturated carbocycles. The molecule has 0 saturated heterocycles. The van der Waals surface area contributed by atoms with Crippen LogP contribution in [0.5, 0.6) is 0 Å². The number of hydrogen-bond acceptors (Lipinski definition) is 3. The second-order valence-corrected chi connectivity index (χ2v) is 7.23. The van der Waals surface area contributed by atoms with Gasteiger partial charge in [-0.15, -0.1) is 0 Å². The monoisotopic (exact) mass is 402 g/mol. The van der Waals surface area contributed by atoms with Crippen LogP contribution in [0.1, 0.15) is 42.2 Å². The first-order valence-electron chi connectivity index (χ1n) is 9.48. The van der Waals surface area contributed by atoms with Crippen LogP contribution in [0.15, 0.2) is 72.8 Å². The van der Waals surface area contributed by atoms with Gasteiger partial charge in [-0.1, -0.05) is 36.4 Å². The molecule has 0 aromatic heterocycles. The Morgan fingerprint density at radius 1 is 0.833 bits per heavy atom. The third-order valence-electron chi connectivity index (χ3n) is 5.10. The summed E-state index contributed by atoms with van der Waals surface area (Å²) in [5.41, 5.74) is 2.90. The highest BCUT2D eigenvalue weighted by Crippen LogP contribution is 2.24. The zero-order valence-corrected chi connectivity index (χ0v) is 16.3. The van der Waals surface area contributed by atoms with Crippen LogP contribution in [0.3, 0.4) is 0 Å². The van der Waals surface area contributed by atoms with Gasteiger partial charge in [-0.05, 0) is 47.5 Å². The highest BCUT2D eigenvalue weighted by molar-refractivity contribution is 6.21. The van der Waals surface area contributed by atoms with Crippen LogP contribution in [-0.4, -0.2) is 34.6 Å². The summed E-state index contributed by atoms with van der Waals surface area (Å²) >= 11 is 0. The van der Waals surface area contributed by atoms with Crippen molar-refractivity contribution in [3.05, 3.63) is 106 Å². The van der Waals surface area contributed by atoms with E-state index >= 15 is 0 Å². The van der Waals surface area contributed by atoms with E-state index in [-0.39, 0.29) is 30.1 Å². The second kappa shape index (κ2) is 7.91.